The molecule has 1 aromatic heterocycles. The van der Waals surface area contributed by atoms with E-state index < -0.39 is 0 Å². The highest BCUT2D eigenvalue weighted by atomic mass is 19.1. The van der Waals surface area contributed by atoms with Crippen molar-refractivity contribution >= 4 is 17.6 Å². The number of rotatable bonds is 3. The van der Waals surface area contributed by atoms with E-state index in [1.165, 1.54) is 24.3 Å². The minimum absolute atomic E-state index is 0.0106. The van der Waals surface area contributed by atoms with E-state index in [9.17, 15) is 14.0 Å². The van der Waals surface area contributed by atoms with Crippen LogP contribution < -0.4 is 5.32 Å². The Balaban J connectivity index is 1.35. The number of benzene rings is 1. The van der Waals surface area contributed by atoms with Crippen molar-refractivity contribution in [3.8, 4) is 0 Å². The molecule has 2 aromatic rings. The highest BCUT2D eigenvalue weighted by Gasteiger charge is 2.34. The van der Waals surface area contributed by atoms with Crippen LogP contribution in [0, 0.1) is 5.82 Å². The van der Waals surface area contributed by atoms with E-state index in [0.29, 0.717) is 43.3 Å². The summed E-state index contributed by atoms with van der Waals surface area (Å²) in [5, 5.41) is 7.01. The Kier molecular flexibility index (Phi) is 4.55. The van der Waals surface area contributed by atoms with Crippen LogP contribution in [0.1, 0.15) is 34.8 Å². The van der Waals surface area contributed by atoms with E-state index >= 15 is 0 Å². The molecule has 3 amide bonds. The van der Waals surface area contributed by atoms with Crippen LogP contribution in [0.25, 0.3) is 0 Å². The largest absolute Gasteiger partial charge is 0.335 e. The molecular formula is C19H22FN5O2. The van der Waals surface area contributed by atoms with Gasteiger partial charge in [0.05, 0.1) is 17.5 Å². The fourth-order valence-corrected chi connectivity index (χ4v) is 3.47. The summed E-state index contributed by atoms with van der Waals surface area (Å²) in [4.78, 5) is 28.7. The molecule has 1 aromatic carbocycles. The smallest absolute Gasteiger partial charge is 0.321 e. The van der Waals surface area contributed by atoms with Gasteiger partial charge in [-0.15, -0.1) is 0 Å². The third kappa shape index (κ3) is 3.65. The third-order valence-electron chi connectivity index (χ3n) is 5.13. The quantitative estimate of drug-likeness (QED) is 0.901. The van der Waals surface area contributed by atoms with Crippen molar-refractivity contribution in [2.45, 2.75) is 18.8 Å². The summed E-state index contributed by atoms with van der Waals surface area (Å²) in [6, 6.07) is 5.41. The number of carbonyl (C=O) groups excluding carboxylic acids is 2. The van der Waals surface area contributed by atoms with Crippen molar-refractivity contribution in [3.63, 3.8) is 0 Å². The van der Waals surface area contributed by atoms with E-state index in [1.54, 1.807) is 20.7 Å². The van der Waals surface area contributed by atoms with Crippen LogP contribution in [0.4, 0.5) is 14.9 Å². The fraction of sp³-hybridized carbons (Fsp3) is 0.421. The summed E-state index contributed by atoms with van der Waals surface area (Å²) in [5.41, 5.74) is 2.25. The molecule has 2 fully saturated rings. The predicted octanol–water partition coefficient (Wildman–Crippen LogP) is 2.43. The number of amides is 3. The number of hydrogen-bond acceptors (Lipinski definition) is 3. The number of hydrogen-bond donors (Lipinski definition) is 1. The molecule has 0 bridgehead atoms. The molecule has 0 radical (unpaired) electrons. The molecule has 27 heavy (non-hydrogen) atoms. The number of aromatic nitrogens is 2. The number of aryl methyl sites for hydroxylation is 1. The molecule has 0 spiro atoms. The van der Waals surface area contributed by atoms with Crippen LogP contribution in [0.15, 0.2) is 30.5 Å². The van der Waals surface area contributed by atoms with Gasteiger partial charge in [0.1, 0.15) is 5.82 Å². The minimum atomic E-state index is -0.346. The third-order valence-corrected chi connectivity index (χ3v) is 5.13. The monoisotopic (exact) mass is 371 g/mol. The zero-order chi connectivity index (χ0) is 19.0. The number of carbonyl (C=O) groups is 2. The first-order chi connectivity index (χ1) is 13.0. The standard InChI is InChI=1S/C19H22FN5O2/c1-23-17(13-2-3-13)16(12-21-23)18(26)24-8-10-25(11-9-24)19(27)22-15-6-4-14(20)5-7-15/h4-7,12-13H,2-3,8-11H2,1H3,(H,22,27). The van der Waals surface area contributed by atoms with Gasteiger partial charge in [-0.1, -0.05) is 0 Å². The van der Waals surface area contributed by atoms with Gasteiger partial charge in [0.25, 0.3) is 5.91 Å². The van der Waals surface area contributed by atoms with Crippen molar-refractivity contribution < 1.29 is 14.0 Å². The zero-order valence-electron chi connectivity index (χ0n) is 15.2. The lowest BCUT2D eigenvalue weighted by Gasteiger charge is -2.34. The molecule has 2 heterocycles. The SMILES string of the molecule is Cn1ncc(C(=O)N2CCN(C(=O)Nc3ccc(F)cc3)CC2)c1C1CC1. The highest BCUT2D eigenvalue weighted by molar-refractivity contribution is 5.96. The van der Waals surface area contributed by atoms with Gasteiger partial charge in [0, 0.05) is 44.8 Å². The van der Waals surface area contributed by atoms with Crippen molar-refractivity contribution in [2.75, 3.05) is 31.5 Å². The topological polar surface area (TPSA) is 70.5 Å². The molecule has 2 aliphatic rings. The number of nitrogens with one attached hydrogen (secondary N) is 1. The van der Waals surface area contributed by atoms with Crippen LogP contribution in [0.3, 0.4) is 0 Å². The Morgan fingerprint density at radius 3 is 2.33 bits per heavy atom. The number of nitrogens with zero attached hydrogens (tertiary/aromatic N) is 4. The zero-order valence-corrected chi connectivity index (χ0v) is 15.2. The summed E-state index contributed by atoms with van der Waals surface area (Å²) in [5.74, 6) is 0.0870. The summed E-state index contributed by atoms with van der Waals surface area (Å²) in [6.07, 6.45) is 3.87. The first kappa shape index (κ1) is 17.5. The lowest BCUT2D eigenvalue weighted by Crippen LogP contribution is -2.51. The molecule has 1 aliphatic carbocycles. The molecule has 7 nitrogen and oxygen atoms in total. The highest BCUT2D eigenvalue weighted by Crippen LogP contribution is 2.41. The maximum Gasteiger partial charge on any atom is 0.321 e. The van der Waals surface area contributed by atoms with E-state index in [2.05, 4.69) is 10.4 Å². The predicted molar refractivity (Wildman–Crippen MR) is 98.1 cm³/mol. The lowest BCUT2D eigenvalue weighted by molar-refractivity contribution is 0.0670. The molecule has 0 unspecified atom stereocenters. The normalized spacial score (nSPS) is 17.1. The van der Waals surface area contributed by atoms with Gasteiger partial charge in [-0.25, -0.2) is 9.18 Å². The van der Waals surface area contributed by atoms with E-state index in [1.807, 2.05) is 7.05 Å². The van der Waals surface area contributed by atoms with Crippen molar-refractivity contribution in [1.82, 2.24) is 19.6 Å². The van der Waals surface area contributed by atoms with Gasteiger partial charge < -0.3 is 15.1 Å². The Hall–Kier alpha value is -2.90. The van der Waals surface area contributed by atoms with Gasteiger partial charge >= 0.3 is 6.03 Å². The molecule has 0 atom stereocenters. The van der Waals surface area contributed by atoms with Crippen LogP contribution in [-0.2, 0) is 7.05 Å². The number of urea groups is 1. The average molecular weight is 371 g/mol. The van der Waals surface area contributed by atoms with Crippen LogP contribution in [0.2, 0.25) is 0 Å². The summed E-state index contributed by atoms with van der Waals surface area (Å²) < 4.78 is 14.8. The van der Waals surface area contributed by atoms with Crippen molar-refractivity contribution in [3.05, 3.63) is 47.5 Å². The van der Waals surface area contributed by atoms with Gasteiger partial charge in [0.15, 0.2) is 0 Å². The fourth-order valence-electron chi connectivity index (χ4n) is 3.47. The molecule has 1 saturated carbocycles. The van der Waals surface area contributed by atoms with Gasteiger partial charge in [0.2, 0.25) is 0 Å². The maximum atomic E-state index is 13.0. The molecule has 4 rings (SSSR count). The van der Waals surface area contributed by atoms with Crippen molar-refractivity contribution in [2.24, 2.45) is 7.05 Å². The molecule has 142 valence electrons. The molecule has 1 N–H and O–H groups in total. The number of anilines is 1. The van der Waals surface area contributed by atoms with E-state index in [-0.39, 0.29) is 17.8 Å². The maximum absolute atomic E-state index is 13.0. The Morgan fingerprint density at radius 1 is 1.07 bits per heavy atom. The second-order valence-corrected chi connectivity index (χ2v) is 7.06. The average Bonchev–Trinajstić information content (AvgIpc) is 3.44. The summed E-state index contributed by atoms with van der Waals surface area (Å²) in [7, 11) is 1.88. The number of halogens is 1. The minimum Gasteiger partial charge on any atom is -0.335 e. The van der Waals surface area contributed by atoms with Crippen LogP contribution in [-0.4, -0.2) is 57.7 Å². The summed E-state index contributed by atoms with van der Waals surface area (Å²) in [6.45, 7) is 1.87. The van der Waals surface area contributed by atoms with Gasteiger partial charge in [-0.3, -0.25) is 9.48 Å². The Labute approximate surface area is 156 Å². The molecule has 8 heteroatoms. The Bertz CT molecular complexity index is 851. The number of piperazine rings is 1. The first-order valence-electron chi connectivity index (χ1n) is 9.15. The lowest BCUT2D eigenvalue weighted by atomic mass is 10.1. The Morgan fingerprint density at radius 2 is 1.70 bits per heavy atom. The molecular weight excluding hydrogens is 349 g/mol. The van der Waals surface area contributed by atoms with Gasteiger partial charge in [-0.2, -0.15) is 5.10 Å². The second-order valence-electron chi connectivity index (χ2n) is 7.06. The molecule has 1 saturated heterocycles. The van der Waals surface area contributed by atoms with Crippen LogP contribution in [0.5, 0.6) is 0 Å². The first-order valence-corrected chi connectivity index (χ1v) is 9.15. The van der Waals surface area contributed by atoms with E-state index in [0.717, 1.165) is 18.5 Å². The second kappa shape index (κ2) is 7.02. The summed E-state index contributed by atoms with van der Waals surface area (Å²) >= 11 is 0. The molecule has 1 aliphatic heterocycles. The van der Waals surface area contributed by atoms with E-state index in [4.69, 9.17) is 0 Å². The van der Waals surface area contributed by atoms with Crippen LogP contribution >= 0.6 is 0 Å². The van der Waals surface area contributed by atoms with Gasteiger partial charge in [-0.05, 0) is 37.1 Å². The van der Waals surface area contributed by atoms with Crippen molar-refractivity contribution in [1.29, 1.82) is 0 Å².